The molecule has 1 N–H and O–H groups in total. The number of benzene rings is 1. The molecule has 0 atom stereocenters. The molecule has 0 saturated carbocycles. The molecule has 0 spiro atoms. The van der Waals surface area contributed by atoms with Gasteiger partial charge in [-0.2, -0.15) is 0 Å². The fourth-order valence-corrected chi connectivity index (χ4v) is 2.05. The van der Waals surface area contributed by atoms with E-state index in [9.17, 15) is 9.18 Å². The molecular formula is C18H23FO2. The molecule has 0 aliphatic rings. The third-order valence-corrected chi connectivity index (χ3v) is 3.28. The van der Waals surface area contributed by atoms with Gasteiger partial charge < -0.3 is 5.11 Å². The van der Waals surface area contributed by atoms with Gasteiger partial charge in [0.05, 0.1) is 0 Å². The van der Waals surface area contributed by atoms with E-state index in [0.717, 1.165) is 30.4 Å². The van der Waals surface area contributed by atoms with Gasteiger partial charge in [-0.05, 0) is 49.1 Å². The van der Waals surface area contributed by atoms with Gasteiger partial charge in [0, 0.05) is 5.57 Å². The summed E-state index contributed by atoms with van der Waals surface area (Å²) in [7, 11) is 0. The Hall–Kier alpha value is -1.90. The highest BCUT2D eigenvalue weighted by atomic mass is 19.1. The van der Waals surface area contributed by atoms with E-state index in [2.05, 4.69) is 6.92 Å². The van der Waals surface area contributed by atoms with Gasteiger partial charge >= 0.3 is 5.97 Å². The number of carboxylic acids is 1. The van der Waals surface area contributed by atoms with Gasteiger partial charge in [-0.1, -0.05) is 44.4 Å². The highest BCUT2D eigenvalue weighted by molar-refractivity contribution is 5.86. The van der Waals surface area contributed by atoms with Crippen LogP contribution >= 0.6 is 0 Å². The molecule has 114 valence electrons. The van der Waals surface area contributed by atoms with Gasteiger partial charge in [0.1, 0.15) is 5.82 Å². The highest BCUT2D eigenvalue weighted by Crippen LogP contribution is 2.17. The molecule has 0 bridgehead atoms. The van der Waals surface area contributed by atoms with E-state index in [1.807, 2.05) is 6.08 Å². The van der Waals surface area contributed by atoms with Crippen molar-refractivity contribution in [3.8, 4) is 0 Å². The zero-order valence-electron chi connectivity index (χ0n) is 12.7. The topological polar surface area (TPSA) is 37.3 Å². The second-order valence-electron chi connectivity index (χ2n) is 5.21. The van der Waals surface area contributed by atoms with Crippen molar-refractivity contribution in [3.63, 3.8) is 0 Å². The molecule has 0 unspecified atom stereocenters. The molecule has 1 aromatic rings. The molecule has 0 radical (unpaired) electrons. The summed E-state index contributed by atoms with van der Waals surface area (Å²) in [5.74, 6) is -1.18. The zero-order chi connectivity index (χ0) is 15.7. The van der Waals surface area contributed by atoms with Crippen LogP contribution in [0.15, 0.2) is 41.5 Å². The van der Waals surface area contributed by atoms with Crippen molar-refractivity contribution in [2.24, 2.45) is 0 Å². The van der Waals surface area contributed by atoms with Crippen molar-refractivity contribution < 1.29 is 14.3 Å². The normalized spacial score (nSPS) is 12.5. The highest BCUT2D eigenvalue weighted by Gasteiger charge is 2.03. The van der Waals surface area contributed by atoms with Crippen LogP contribution in [-0.2, 0) is 4.79 Å². The van der Waals surface area contributed by atoms with E-state index in [0.29, 0.717) is 5.57 Å². The van der Waals surface area contributed by atoms with Crippen molar-refractivity contribution in [1.29, 1.82) is 0 Å². The maximum absolute atomic E-state index is 12.9. The Morgan fingerprint density at radius 2 is 1.86 bits per heavy atom. The van der Waals surface area contributed by atoms with Gasteiger partial charge in [0.25, 0.3) is 0 Å². The van der Waals surface area contributed by atoms with E-state index >= 15 is 0 Å². The van der Waals surface area contributed by atoms with Gasteiger partial charge in [-0.25, -0.2) is 9.18 Å². The smallest absolute Gasteiger partial charge is 0.331 e. The Balaban J connectivity index is 2.86. The molecule has 0 saturated heterocycles. The molecule has 0 heterocycles. The van der Waals surface area contributed by atoms with Crippen molar-refractivity contribution in [2.75, 3.05) is 0 Å². The summed E-state index contributed by atoms with van der Waals surface area (Å²) in [4.78, 5) is 11.0. The molecule has 0 aliphatic carbocycles. The fourth-order valence-electron chi connectivity index (χ4n) is 2.05. The molecular weight excluding hydrogens is 267 g/mol. The van der Waals surface area contributed by atoms with Crippen molar-refractivity contribution in [1.82, 2.24) is 0 Å². The Morgan fingerprint density at radius 3 is 2.43 bits per heavy atom. The lowest BCUT2D eigenvalue weighted by atomic mass is 10.0. The van der Waals surface area contributed by atoms with Crippen LogP contribution in [0.3, 0.4) is 0 Å². The van der Waals surface area contributed by atoms with Crippen LogP contribution in [0, 0.1) is 5.82 Å². The van der Waals surface area contributed by atoms with E-state index < -0.39 is 5.97 Å². The third kappa shape index (κ3) is 6.89. The van der Waals surface area contributed by atoms with Crippen LogP contribution in [0.1, 0.15) is 51.5 Å². The first-order valence-electron chi connectivity index (χ1n) is 7.40. The molecule has 0 aliphatic heterocycles. The number of rotatable bonds is 8. The molecule has 0 amide bonds. The predicted octanol–water partition coefficient (Wildman–Crippen LogP) is 5.21. The third-order valence-electron chi connectivity index (χ3n) is 3.28. The van der Waals surface area contributed by atoms with Crippen LogP contribution in [-0.4, -0.2) is 11.1 Å². The number of hydrogen-bond donors (Lipinski definition) is 1. The van der Waals surface area contributed by atoms with E-state index in [1.165, 1.54) is 25.0 Å². The Bertz CT molecular complexity index is 513. The standard InChI is InChI=1S/C18H23FO2/c1-3-4-5-6-7-16(12-14(2)18(20)21)13-15-8-10-17(19)11-9-15/h8-13H,3-7H2,1-2H3,(H,20,21). The number of unbranched alkanes of at least 4 members (excludes halogenated alkanes) is 3. The fraction of sp³-hybridized carbons (Fsp3) is 0.389. The Kier molecular flexibility index (Phi) is 7.44. The summed E-state index contributed by atoms with van der Waals surface area (Å²) in [6, 6.07) is 6.22. The molecule has 2 nitrogen and oxygen atoms in total. The molecule has 3 heteroatoms. The predicted molar refractivity (Wildman–Crippen MR) is 84.5 cm³/mol. The van der Waals surface area contributed by atoms with Crippen molar-refractivity contribution in [2.45, 2.75) is 46.0 Å². The second-order valence-corrected chi connectivity index (χ2v) is 5.21. The maximum atomic E-state index is 12.9. The van der Waals surface area contributed by atoms with Crippen molar-refractivity contribution >= 4 is 12.0 Å². The van der Waals surface area contributed by atoms with Gasteiger partial charge in [-0.3, -0.25) is 0 Å². The summed E-state index contributed by atoms with van der Waals surface area (Å²) < 4.78 is 12.9. The first kappa shape index (κ1) is 17.2. The van der Waals surface area contributed by atoms with Crippen LogP contribution < -0.4 is 0 Å². The monoisotopic (exact) mass is 290 g/mol. The maximum Gasteiger partial charge on any atom is 0.331 e. The van der Waals surface area contributed by atoms with E-state index in [-0.39, 0.29) is 5.82 Å². The van der Waals surface area contributed by atoms with Gasteiger partial charge in [-0.15, -0.1) is 0 Å². The van der Waals surface area contributed by atoms with E-state index in [4.69, 9.17) is 5.11 Å². The first-order valence-corrected chi connectivity index (χ1v) is 7.40. The van der Waals surface area contributed by atoms with Gasteiger partial charge in [0.2, 0.25) is 0 Å². The number of hydrogen-bond acceptors (Lipinski definition) is 1. The molecule has 21 heavy (non-hydrogen) atoms. The summed E-state index contributed by atoms with van der Waals surface area (Å²) in [6.45, 7) is 3.75. The summed E-state index contributed by atoms with van der Waals surface area (Å²) in [5, 5.41) is 9.00. The van der Waals surface area contributed by atoms with Crippen LogP contribution in [0.2, 0.25) is 0 Å². The minimum Gasteiger partial charge on any atom is -0.478 e. The summed E-state index contributed by atoms with van der Waals surface area (Å²) in [5.41, 5.74) is 2.17. The van der Waals surface area contributed by atoms with Crippen LogP contribution in [0.4, 0.5) is 4.39 Å². The summed E-state index contributed by atoms with van der Waals surface area (Å²) >= 11 is 0. The lowest BCUT2D eigenvalue weighted by Crippen LogP contribution is -1.97. The number of halogens is 1. The largest absolute Gasteiger partial charge is 0.478 e. The molecule has 0 aromatic heterocycles. The van der Waals surface area contributed by atoms with Crippen molar-refractivity contribution in [3.05, 3.63) is 52.9 Å². The second kappa shape index (κ2) is 9.11. The Morgan fingerprint density at radius 1 is 1.19 bits per heavy atom. The molecule has 1 aromatic carbocycles. The molecule has 0 fully saturated rings. The molecule has 1 rings (SSSR count). The quantitative estimate of drug-likeness (QED) is 0.405. The van der Waals surface area contributed by atoms with E-state index in [1.54, 1.807) is 25.1 Å². The zero-order valence-corrected chi connectivity index (χ0v) is 12.7. The average molecular weight is 290 g/mol. The number of carbonyl (C=O) groups is 1. The number of aliphatic carboxylic acids is 1. The first-order chi connectivity index (χ1) is 10.0. The number of carboxylic acid groups (broad SMARTS) is 1. The average Bonchev–Trinajstić information content (AvgIpc) is 2.45. The minimum atomic E-state index is -0.909. The van der Waals surface area contributed by atoms with Crippen LogP contribution in [0.5, 0.6) is 0 Å². The summed E-state index contributed by atoms with van der Waals surface area (Å²) in [6.07, 6.45) is 8.99. The minimum absolute atomic E-state index is 0.270. The van der Waals surface area contributed by atoms with Crippen LogP contribution in [0.25, 0.3) is 6.08 Å². The Labute approximate surface area is 126 Å². The number of allylic oxidation sites excluding steroid dienone is 2. The van der Waals surface area contributed by atoms with Gasteiger partial charge in [0.15, 0.2) is 0 Å². The lowest BCUT2D eigenvalue weighted by molar-refractivity contribution is -0.132. The SMILES string of the molecule is CCCCCCC(=Cc1ccc(F)cc1)C=C(C)C(=O)O. The lowest BCUT2D eigenvalue weighted by Gasteiger charge is -2.05.